The van der Waals surface area contributed by atoms with E-state index >= 15 is 0 Å². The molecular formula is C22H30N6O4S. The summed E-state index contributed by atoms with van der Waals surface area (Å²) in [6.07, 6.45) is 1.18. The zero-order valence-corrected chi connectivity index (χ0v) is 20.0. The number of piperazine rings is 2. The van der Waals surface area contributed by atoms with E-state index in [-0.39, 0.29) is 31.4 Å². The quantitative estimate of drug-likeness (QED) is 0.657. The number of para-hydroxylation sites is 1. The smallest absolute Gasteiger partial charge is 0.242 e. The Morgan fingerprint density at radius 2 is 1.76 bits per heavy atom. The third-order valence-electron chi connectivity index (χ3n) is 6.33. The van der Waals surface area contributed by atoms with Crippen LogP contribution in [0.4, 0.5) is 0 Å². The molecule has 2 aliphatic heterocycles. The Morgan fingerprint density at radius 3 is 2.39 bits per heavy atom. The van der Waals surface area contributed by atoms with E-state index in [2.05, 4.69) is 10.4 Å². The van der Waals surface area contributed by atoms with Crippen molar-refractivity contribution in [3.63, 3.8) is 0 Å². The summed E-state index contributed by atoms with van der Waals surface area (Å²) in [5, 5.41) is 7.60. The molecule has 0 bridgehead atoms. The van der Waals surface area contributed by atoms with Crippen molar-refractivity contribution in [1.29, 1.82) is 0 Å². The third kappa shape index (κ3) is 4.80. The van der Waals surface area contributed by atoms with Gasteiger partial charge in [0.15, 0.2) is 0 Å². The topological polar surface area (TPSA) is 108 Å². The SMILES string of the molecule is Cc1nn(-c2ccccc2)c(C)c1C1C(=O)NCCN1CC(=O)N1CCN(S(C)(=O)=O)CC1. The average molecular weight is 475 g/mol. The minimum atomic E-state index is -3.26. The van der Waals surface area contributed by atoms with Gasteiger partial charge in [-0.05, 0) is 26.0 Å². The largest absolute Gasteiger partial charge is 0.353 e. The number of hydrogen-bond donors (Lipinski definition) is 1. The fraction of sp³-hybridized carbons (Fsp3) is 0.500. The summed E-state index contributed by atoms with van der Waals surface area (Å²) in [5.41, 5.74) is 3.33. The summed E-state index contributed by atoms with van der Waals surface area (Å²) in [5.74, 6) is -0.247. The zero-order valence-electron chi connectivity index (χ0n) is 19.2. The Kier molecular flexibility index (Phi) is 6.55. The van der Waals surface area contributed by atoms with Crippen LogP contribution in [0.3, 0.4) is 0 Å². The van der Waals surface area contributed by atoms with Crippen molar-refractivity contribution < 1.29 is 18.0 Å². The molecule has 178 valence electrons. The Bertz CT molecular complexity index is 1140. The molecule has 2 aromatic rings. The summed E-state index contributed by atoms with van der Waals surface area (Å²) in [7, 11) is -3.26. The monoisotopic (exact) mass is 474 g/mol. The van der Waals surface area contributed by atoms with Crippen molar-refractivity contribution in [3.8, 4) is 5.69 Å². The van der Waals surface area contributed by atoms with Crippen LogP contribution < -0.4 is 5.32 Å². The first-order chi connectivity index (χ1) is 15.7. The van der Waals surface area contributed by atoms with E-state index in [0.29, 0.717) is 26.2 Å². The third-order valence-corrected chi connectivity index (χ3v) is 7.64. The maximum absolute atomic E-state index is 13.1. The minimum Gasteiger partial charge on any atom is -0.353 e. The van der Waals surface area contributed by atoms with Crippen molar-refractivity contribution in [3.05, 3.63) is 47.3 Å². The van der Waals surface area contributed by atoms with E-state index in [4.69, 9.17) is 0 Å². The first-order valence-electron chi connectivity index (χ1n) is 11.0. The number of aromatic nitrogens is 2. The van der Waals surface area contributed by atoms with Gasteiger partial charge in [0.05, 0.1) is 24.2 Å². The van der Waals surface area contributed by atoms with Crippen LogP contribution in [-0.4, -0.2) is 96.2 Å². The first kappa shape index (κ1) is 23.4. The first-order valence-corrected chi connectivity index (χ1v) is 12.9. The summed E-state index contributed by atoms with van der Waals surface area (Å²) in [6, 6.07) is 9.12. The Balaban J connectivity index is 1.54. The molecule has 10 nitrogen and oxygen atoms in total. The lowest BCUT2D eigenvalue weighted by molar-refractivity contribution is -0.137. The summed E-state index contributed by atoms with van der Waals surface area (Å²) in [4.78, 5) is 29.6. The molecule has 33 heavy (non-hydrogen) atoms. The highest BCUT2D eigenvalue weighted by Crippen LogP contribution is 2.30. The van der Waals surface area contributed by atoms with Crippen molar-refractivity contribution in [2.24, 2.45) is 0 Å². The van der Waals surface area contributed by atoms with Gasteiger partial charge < -0.3 is 10.2 Å². The van der Waals surface area contributed by atoms with E-state index in [0.717, 1.165) is 22.6 Å². The Hall–Kier alpha value is -2.76. The van der Waals surface area contributed by atoms with E-state index in [1.165, 1.54) is 10.6 Å². The lowest BCUT2D eigenvalue weighted by Crippen LogP contribution is -2.56. The molecule has 0 spiro atoms. The van der Waals surface area contributed by atoms with E-state index in [1.54, 1.807) is 4.90 Å². The van der Waals surface area contributed by atoms with Gasteiger partial charge in [-0.1, -0.05) is 18.2 Å². The predicted molar refractivity (Wildman–Crippen MR) is 123 cm³/mol. The lowest BCUT2D eigenvalue weighted by atomic mass is 10.00. The summed E-state index contributed by atoms with van der Waals surface area (Å²) < 4.78 is 26.7. The van der Waals surface area contributed by atoms with E-state index < -0.39 is 16.1 Å². The van der Waals surface area contributed by atoms with E-state index in [1.807, 2.05) is 53.8 Å². The highest BCUT2D eigenvalue weighted by Gasteiger charge is 2.37. The molecule has 2 aliphatic rings. The number of nitrogens with one attached hydrogen (secondary N) is 1. The molecule has 1 atom stereocenters. The maximum Gasteiger partial charge on any atom is 0.242 e. The second kappa shape index (κ2) is 9.24. The van der Waals surface area contributed by atoms with Crippen LogP contribution in [0.5, 0.6) is 0 Å². The summed E-state index contributed by atoms with van der Waals surface area (Å²) in [6.45, 7) is 6.19. The van der Waals surface area contributed by atoms with Gasteiger partial charge in [0, 0.05) is 50.5 Å². The minimum absolute atomic E-state index is 0.0896. The predicted octanol–water partition coefficient (Wildman–Crippen LogP) is 0.0658. The molecule has 0 saturated carbocycles. The van der Waals surface area contributed by atoms with E-state index in [9.17, 15) is 18.0 Å². The molecule has 2 amide bonds. The summed E-state index contributed by atoms with van der Waals surface area (Å²) >= 11 is 0. The molecule has 0 radical (unpaired) electrons. The van der Waals surface area contributed by atoms with Crippen molar-refractivity contribution >= 4 is 21.8 Å². The van der Waals surface area contributed by atoms with Gasteiger partial charge in [-0.3, -0.25) is 14.5 Å². The highest BCUT2D eigenvalue weighted by atomic mass is 32.2. The second-order valence-corrected chi connectivity index (χ2v) is 10.5. The number of carbonyl (C=O) groups is 2. The fourth-order valence-corrected chi connectivity index (χ4v) is 5.44. The van der Waals surface area contributed by atoms with Crippen LogP contribution in [0.2, 0.25) is 0 Å². The van der Waals surface area contributed by atoms with Crippen LogP contribution in [0.1, 0.15) is 23.0 Å². The van der Waals surface area contributed by atoms with Gasteiger partial charge in [-0.2, -0.15) is 9.40 Å². The number of rotatable bonds is 5. The Morgan fingerprint density at radius 1 is 1.09 bits per heavy atom. The van der Waals surface area contributed by atoms with Crippen LogP contribution in [-0.2, 0) is 19.6 Å². The average Bonchev–Trinajstić information content (AvgIpc) is 3.08. The van der Waals surface area contributed by atoms with Gasteiger partial charge in [0.25, 0.3) is 0 Å². The van der Waals surface area contributed by atoms with Crippen LogP contribution >= 0.6 is 0 Å². The van der Waals surface area contributed by atoms with Gasteiger partial charge in [-0.15, -0.1) is 0 Å². The number of aryl methyl sites for hydroxylation is 1. The molecule has 11 heteroatoms. The molecule has 1 unspecified atom stereocenters. The number of benzene rings is 1. The van der Waals surface area contributed by atoms with Gasteiger partial charge >= 0.3 is 0 Å². The Labute approximate surface area is 194 Å². The maximum atomic E-state index is 13.1. The normalized spacial score (nSPS) is 20.6. The molecule has 4 rings (SSSR count). The number of carbonyl (C=O) groups excluding carboxylic acids is 2. The molecule has 1 aromatic heterocycles. The molecule has 2 fully saturated rings. The van der Waals surface area contributed by atoms with Gasteiger partial charge in [-0.25, -0.2) is 13.1 Å². The molecular weight excluding hydrogens is 444 g/mol. The fourth-order valence-electron chi connectivity index (χ4n) is 4.61. The van der Waals surface area contributed by atoms with Gasteiger partial charge in [0.2, 0.25) is 21.8 Å². The zero-order chi connectivity index (χ0) is 23.8. The number of hydrogen-bond acceptors (Lipinski definition) is 6. The van der Waals surface area contributed by atoms with Crippen LogP contribution in [0.25, 0.3) is 5.69 Å². The molecule has 1 aromatic carbocycles. The highest BCUT2D eigenvalue weighted by molar-refractivity contribution is 7.88. The van der Waals surface area contributed by atoms with Crippen LogP contribution in [0.15, 0.2) is 30.3 Å². The number of sulfonamides is 1. The van der Waals surface area contributed by atoms with Crippen molar-refractivity contribution in [2.45, 2.75) is 19.9 Å². The standard InChI is InChI=1S/C22H30N6O4S/c1-16-20(17(2)28(24-16)18-7-5-4-6-8-18)21-22(30)23-9-10-26(21)15-19(29)25-11-13-27(14-12-25)33(3,31)32/h4-8,21H,9-15H2,1-3H3,(H,23,30). The lowest BCUT2D eigenvalue weighted by Gasteiger charge is -2.38. The molecule has 1 N–H and O–H groups in total. The van der Waals surface area contributed by atoms with Crippen molar-refractivity contribution in [2.75, 3.05) is 52.1 Å². The molecule has 0 aliphatic carbocycles. The number of amides is 2. The van der Waals surface area contributed by atoms with Crippen LogP contribution in [0, 0.1) is 13.8 Å². The second-order valence-electron chi connectivity index (χ2n) is 8.54. The number of nitrogens with zero attached hydrogens (tertiary/aromatic N) is 5. The molecule has 3 heterocycles. The van der Waals surface area contributed by atoms with Gasteiger partial charge in [0.1, 0.15) is 6.04 Å². The van der Waals surface area contributed by atoms with Crippen molar-refractivity contribution in [1.82, 2.24) is 29.2 Å². The molecule has 2 saturated heterocycles.